The van der Waals surface area contributed by atoms with Crippen LogP contribution in [0.5, 0.6) is 0 Å². The Morgan fingerprint density at radius 3 is 2.52 bits per heavy atom. The number of urea groups is 1. The van der Waals surface area contributed by atoms with E-state index in [-0.39, 0.29) is 17.7 Å². The van der Waals surface area contributed by atoms with Gasteiger partial charge in [-0.05, 0) is 31.6 Å². The maximum Gasteiger partial charge on any atom is 0.327 e. The van der Waals surface area contributed by atoms with Crippen LogP contribution < -0.4 is 5.32 Å². The fourth-order valence-corrected chi connectivity index (χ4v) is 4.93. The maximum absolute atomic E-state index is 13.1. The third-order valence-corrected chi connectivity index (χ3v) is 6.78. The molecule has 8 heteroatoms. The van der Waals surface area contributed by atoms with Crippen LogP contribution in [0.2, 0.25) is 0 Å². The molecule has 1 aromatic rings. The van der Waals surface area contributed by atoms with E-state index in [1.807, 2.05) is 13.0 Å². The second-order valence-corrected chi connectivity index (χ2v) is 8.75. The van der Waals surface area contributed by atoms with Crippen LogP contribution in [0.4, 0.5) is 4.79 Å². The Hall–Kier alpha value is -2.90. The summed E-state index contributed by atoms with van der Waals surface area (Å²) in [4.78, 5) is 54.1. The number of esters is 1. The average molecular weight is 428 g/mol. The van der Waals surface area contributed by atoms with Crippen LogP contribution in [0.1, 0.15) is 57.1 Å². The van der Waals surface area contributed by atoms with E-state index in [2.05, 4.69) is 5.32 Å². The molecule has 0 radical (unpaired) electrons. The van der Waals surface area contributed by atoms with Gasteiger partial charge in [0.1, 0.15) is 12.1 Å². The van der Waals surface area contributed by atoms with Crippen molar-refractivity contribution < 1.29 is 23.9 Å². The number of likely N-dealkylation sites (tertiary alicyclic amines) is 1. The summed E-state index contributed by atoms with van der Waals surface area (Å²) in [7, 11) is 0. The minimum absolute atomic E-state index is 0.00697. The van der Waals surface area contributed by atoms with Gasteiger partial charge in [-0.2, -0.15) is 0 Å². The Balaban J connectivity index is 1.48. The zero-order valence-electron chi connectivity index (χ0n) is 17.8. The summed E-state index contributed by atoms with van der Waals surface area (Å²) < 4.78 is 5.57. The van der Waals surface area contributed by atoms with Crippen molar-refractivity contribution in [1.82, 2.24) is 15.1 Å². The number of nitrogens with zero attached hydrogens (tertiary/aromatic N) is 2. The van der Waals surface area contributed by atoms with Gasteiger partial charge in [0.2, 0.25) is 6.10 Å². The molecule has 1 saturated carbocycles. The lowest BCUT2D eigenvalue weighted by Gasteiger charge is -2.36. The molecule has 0 unspecified atom stereocenters. The highest BCUT2D eigenvalue weighted by Crippen LogP contribution is 2.38. The molecule has 1 aromatic carbocycles. The van der Waals surface area contributed by atoms with E-state index in [1.165, 1.54) is 0 Å². The summed E-state index contributed by atoms with van der Waals surface area (Å²) >= 11 is 0. The number of ether oxygens (including phenoxy) is 1. The van der Waals surface area contributed by atoms with Gasteiger partial charge >= 0.3 is 12.0 Å². The summed E-state index contributed by atoms with van der Waals surface area (Å²) in [5.74, 6) is -1.41. The lowest BCUT2D eigenvalue weighted by atomic mass is 9.73. The smallest absolute Gasteiger partial charge is 0.327 e. The molecule has 3 fully saturated rings. The van der Waals surface area contributed by atoms with E-state index < -0.39 is 30.2 Å². The van der Waals surface area contributed by atoms with Crippen LogP contribution in [0.3, 0.4) is 0 Å². The van der Waals surface area contributed by atoms with Crippen molar-refractivity contribution in [2.75, 3.05) is 19.6 Å². The normalized spacial score (nSPS) is 26.8. The van der Waals surface area contributed by atoms with E-state index in [4.69, 9.17) is 4.74 Å². The average Bonchev–Trinajstić information content (AvgIpc) is 3.38. The molecule has 1 aliphatic carbocycles. The highest BCUT2D eigenvalue weighted by atomic mass is 16.5. The predicted octanol–water partition coefficient (Wildman–Crippen LogP) is 2.39. The highest BCUT2D eigenvalue weighted by molar-refractivity contribution is 6.09. The number of rotatable bonds is 5. The topological polar surface area (TPSA) is 96.0 Å². The Morgan fingerprint density at radius 1 is 1.13 bits per heavy atom. The van der Waals surface area contributed by atoms with E-state index in [9.17, 15) is 19.2 Å². The molecule has 0 aromatic heterocycles. The molecule has 3 aliphatic rings. The van der Waals surface area contributed by atoms with Crippen LogP contribution >= 0.6 is 0 Å². The number of carbonyl (C=O) groups is 4. The number of nitrogens with one attached hydrogen (secondary N) is 1. The van der Waals surface area contributed by atoms with Gasteiger partial charge in [-0.3, -0.25) is 19.3 Å². The van der Waals surface area contributed by atoms with Crippen LogP contribution in [0.25, 0.3) is 0 Å². The van der Waals surface area contributed by atoms with Crippen molar-refractivity contribution in [1.29, 1.82) is 0 Å². The molecular weight excluding hydrogens is 398 g/mol. The van der Waals surface area contributed by atoms with Gasteiger partial charge in [0, 0.05) is 18.7 Å². The lowest BCUT2D eigenvalue weighted by Crippen LogP contribution is -2.54. The Morgan fingerprint density at radius 2 is 1.84 bits per heavy atom. The number of imide groups is 1. The quantitative estimate of drug-likeness (QED) is 0.575. The monoisotopic (exact) mass is 427 g/mol. The van der Waals surface area contributed by atoms with Crippen molar-refractivity contribution in [2.45, 2.75) is 57.1 Å². The van der Waals surface area contributed by atoms with E-state index in [0.29, 0.717) is 25.1 Å². The zero-order chi connectivity index (χ0) is 22.0. The van der Waals surface area contributed by atoms with Crippen molar-refractivity contribution in [3.8, 4) is 0 Å². The molecule has 2 aliphatic heterocycles. The molecule has 3 atom stereocenters. The first kappa shape index (κ1) is 21.3. The molecule has 2 saturated heterocycles. The number of carbonyl (C=O) groups excluding carboxylic acids is 4. The molecule has 166 valence electrons. The molecule has 4 rings (SSSR count). The van der Waals surface area contributed by atoms with Crippen molar-refractivity contribution in [3.05, 3.63) is 35.9 Å². The zero-order valence-corrected chi connectivity index (χ0v) is 17.8. The van der Waals surface area contributed by atoms with Gasteiger partial charge in [-0.15, -0.1) is 0 Å². The van der Waals surface area contributed by atoms with E-state index in [1.54, 1.807) is 29.2 Å². The molecule has 2 heterocycles. The number of hydrogen-bond acceptors (Lipinski definition) is 5. The summed E-state index contributed by atoms with van der Waals surface area (Å²) in [6.07, 6.45) is 4.05. The summed E-state index contributed by atoms with van der Waals surface area (Å²) in [6.45, 7) is 2.72. The van der Waals surface area contributed by atoms with Crippen LogP contribution in [0.15, 0.2) is 30.3 Å². The summed E-state index contributed by atoms with van der Waals surface area (Å²) in [5.41, 5.74) is -0.359. The molecule has 1 N–H and O–H groups in total. The van der Waals surface area contributed by atoms with Crippen LogP contribution in [-0.2, 0) is 19.1 Å². The third kappa shape index (κ3) is 4.03. The van der Waals surface area contributed by atoms with Crippen LogP contribution in [0, 0.1) is 5.92 Å². The van der Waals surface area contributed by atoms with Crippen molar-refractivity contribution >= 4 is 23.8 Å². The Kier molecular flexibility index (Phi) is 5.98. The van der Waals surface area contributed by atoms with Gasteiger partial charge in [0.15, 0.2) is 0 Å². The lowest BCUT2D eigenvalue weighted by molar-refractivity contribution is -0.162. The van der Waals surface area contributed by atoms with E-state index >= 15 is 0 Å². The number of benzene rings is 1. The maximum atomic E-state index is 13.1. The molecular formula is C23H29N3O5. The fourth-order valence-electron chi connectivity index (χ4n) is 4.93. The van der Waals surface area contributed by atoms with Gasteiger partial charge in [0.05, 0.1) is 0 Å². The van der Waals surface area contributed by atoms with Crippen molar-refractivity contribution in [3.63, 3.8) is 0 Å². The first-order valence-electron chi connectivity index (χ1n) is 11.1. The summed E-state index contributed by atoms with van der Waals surface area (Å²) in [6, 6.07) is 8.27. The second-order valence-electron chi connectivity index (χ2n) is 8.75. The minimum Gasteiger partial charge on any atom is -0.446 e. The number of amides is 4. The predicted molar refractivity (Wildman–Crippen MR) is 112 cm³/mol. The van der Waals surface area contributed by atoms with Gasteiger partial charge in [0.25, 0.3) is 11.8 Å². The first-order chi connectivity index (χ1) is 14.9. The van der Waals surface area contributed by atoms with Gasteiger partial charge < -0.3 is 15.0 Å². The fraction of sp³-hybridized carbons (Fsp3) is 0.565. The third-order valence-electron chi connectivity index (χ3n) is 6.78. The molecule has 0 bridgehead atoms. The van der Waals surface area contributed by atoms with Gasteiger partial charge in [-0.25, -0.2) is 4.79 Å². The molecule has 31 heavy (non-hydrogen) atoms. The first-order valence-corrected chi connectivity index (χ1v) is 11.1. The summed E-state index contributed by atoms with van der Waals surface area (Å²) in [5, 5.41) is 2.83. The second kappa shape index (κ2) is 8.69. The van der Waals surface area contributed by atoms with Gasteiger partial charge in [-0.1, -0.05) is 50.1 Å². The van der Waals surface area contributed by atoms with E-state index in [0.717, 1.165) is 37.0 Å². The molecule has 1 spiro atoms. The molecule has 4 amide bonds. The standard InChI is InChI=1S/C23H29N3O5/c1-16-9-5-6-12-23(16)21(29)26(22(30)24-23)15-18(27)31-19(17-10-3-2-4-11-17)20(28)25-13-7-8-14-25/h2-4,10-11,16,19H,5-9,12-15H2,1H3,(H,24,30)/t16-,19+,23+/m1/s1. The molecule has 8 nitrogen and oxygen atoms in total. The SMILES string of the molecule is C[C@@H]1CCCC[C@]12NC(=O)N(CC(=O)O[C@H](C(=O)N1CCCC1)c1ccccc1)C2=O. The Bertz CT molecular complexity index is 867. The minimum atomic E-state index is -1.09. The van der Waals surface area contributed by atoms with Crippen molar-refractivity contribution in [2.24, 2.45) is 5.92 Å². The Labute approximate surface area is 181 Å². The number of hydrogen-bond donors (Lipinski definition) is 1. The highest BCUT2D eigenvalue weighted by Gasteiger charge is 2.55. The largest absolute Gasteiger partial charge is 0.446 e. The van der Waals surface area contributed by atoms with Crippen LogP contribution in [-0.4, -0.2) is 58.8 Å².